The average Bonchev–Trinajstić information content (AvgIpc) is 2.46. The third-order valence-corrected chi connectivity index (χ3v) is 4.36. The molecule has 5 heteroatoms. The highest BCUT2D eigenvalue weighted by Crippen LogP contribution is 2.30. The summed E-state index contributed by atoms with van der Waals surface area (Å²) in [4.78, 5) is 13.4. The van der Waals surface area contributed by atoms with E-state index >= 15 is 0 Å². The highest BCUT2D eigenvalue weighted by atomic mass is 19.1. The molecule has 1 aromatic rings. The smallest absolute Gasteiger partial charge is 0.220 e. The summed E-state index contributed by atoms with van der Waals surface area (Å²) >= 11 is 0. The number of aliphatic hydroxyl groups is 1. The number of rotatable bonds is 2. The minimum absolute atomic E-state index is 0.137. The summed E-state index contributed by atoms with van der Waals surface area (Å²) in [5, 5.41) is 12.1. The van der Waals surface area contributed by atoms with Crippen LogP contribution in [0.25, 0.3) is 0 Å². The fourth-order valence-corrected chi connectivity index (χ4v) is 3.23. The number of nitrogens with one attached hydrogen (secondary N) is 1. The van der Waals surface area contributed by atoms with Gasteiger partial charge >= 0.3 is 0 Å². The number of carbonyl (C=O) groups excluding carboxylic acids is 1. The first-order valence-corrected chi connectivity index (χ1v) is 7.11. The van der Waals surface area contributed by atoms with Gasteiger partial charge < -0.3 is 15.3 Å². The number of benzene rings is 1. The van der Waals surface area contributed by atoms with Crippen LogP contribution < -0.4 is 10.2 Å². The highest BCUT2D eigenvalue weighted by Gasteiger charge is 2.34. The molecular weight excluding hydrogens is 259 g/mol. The molecule has 2 N–H and O–H groups in total. The predicted molar refractivity (Wildman–Crippen MR) is 73.8 cm³/mol. The van der Waals surface area contributed by atoms with Crippen LogP contribution in [0.2, 0.25) is 0 Å². The quantitative estimate of drug-likeness (QED) is 0.860. The molecular formula is C15H19FN2O2. The van der Waals surface area contributed by atoms with Crippen molar-refractivity contribution in [1.29, 1.82) is 0 Å². The summed E-state index contributed by atoms with van der Waals surface area (Å²) in [5.41, 5.74) is 1.18. The molecule has 108 valence electrons. The van der Waals surface area contributed by atoms with Crippen LogP contribution in [0.15, 0.2) is 18.2 Å². The lowest BCUT2D eigenvalue weighted by molar-refractivity contribution is -0.124. The zero-order valence-electron chi connectivity index (χ0n) is 11.3. The van der Waals surface area contributed by atoms with E-state index in [0.29, 0.717) is 23.6 Å². The van der Waals surface area contributed by atoms with Crippen LogP contribution in [0.4, 0.5) is 10.1 Å². The van der Waals surface area contributed by atoms with E-state index in [-0.39, 0.29) is 24.4 Å². The number of aliphatic hydroxyl groups excluding tert-OH is 1. The minimum atomic E-state index is -0.283. The Kier molecular flexibility index (Phi) is 3.61. The first kappa shape index (κ1) is 13.4. The van der Waals surface area contributed by atoms with Gasteiger partial charge in [-0.1, -0.05) is 6.07 Å². The van der Waals surface area contributed by atoms with Gasteiger partial charge in [-0.3, -0.25) is 4.79 Å². The summed E-state index contributed by atoms with van der Waals surface area (Å²) in [5.74, 6) is 0.256. The van der Waals surface area contributed by atoms with E-state index in [4.69, 9.17) is 5.11 Å². The Labute approximate surface area is 117 Å². The number of halogens is 1. The zero-order chi connectivity index (χ0) is 14.1. The molecule has 2 aliphatic heterocycles. The lowest BCUT2D eigenvalue weighted by atomic mass is 9.85. The van der Waals surface area contributed by atoms with E-state index < -0.39 is 0 Å². The number of fused-ring (bicyclic) bond motifs is 1. The molecule has 2 saturated heterocycles. The molecule has 0 aliphatic carbocycles. The van der Waals surface area contributed by atoms with Gasteiger partial charge in [-0.25, -0.2) is 4.39 Å². The second-order valence-electron chi connectivity index (χ2n) is 5.65. The number of hydrogen-bond donors (Lipinski definition) is 2. The van der Waals surface area contributed by atoms with Crippen LogP contribution in [0.3, 0.4) is 0 Å². The molecule has 2 heterocycles. The molecule has 2 atom stereocenters. The first-order chi connectivity index (χ1) is 9.67. The van der Waals surface area contributed by atoms with E-state index in [1.165, 1.54) is 6.07 Å². The molecule has 1 amide bonds. The molecule has 2 fully saturated rings. The summed E-state index contributed by atoms with van der Waals surface area (Å²) in [6.45, 7) is 1.38. The average molecular weight is 278 g/mol. The third-order valence-electron chi connectivity index (χ3n) is 4.36. The lowest BCUT2D eigenvalue weighted by Crippen LogP contribution is -2.54. The number of nitrogens with zero attached hydrogens (tertiary/aromatic N) is 1. The summed E-state index contributed by atoms with van der Waals surface area (Å²) in [6.07, 6.45) is 2.31. The van der Waals surface area contributed by atoms with Gasteiger partial charge in [0.1, 0.15) is 5.82 Å². The van der Waals surface area contributed by atoms with Crippen molar-refractivity contribution < 1.29 is 14.3 Å². The van der Waals surface area contributed by atoms with Crippen molar-refractivity contribution in [3.8, 4) is 0 Å². The van der Waals surface area contributed by atoms with Crippen LogP contribution in [-0.2, 0) is 11.4 Å². The maximum Gasteiger partial charge on any atom is 0.220 e. The van der Waals surface area contributed by atoms with Crippen LogP contribution >= 0.6 is 0 Å². The molecule has 0 bridgehead atoms. The van der Waals surface area contributed by atoms with Gasteiger partial charge in [0.25, 0.3) is 0 Å². The summed E-state index contributed by atoms with van der Waals surface area (Å²) in [6, 6.07) is 5.13. The lowest BCUT2D eigenvalue weighted by Gasteiger charge is -2.42. The largest absolute Gasteiger partial charge is 0.392 e. The van der Waals surface area contributed by atoms with Crippen LogP contribution in [0, 0.1) is 11.7 Å². The number of hydrogen-bond acceptors (Lipinski definition) is 3. The first-order valence-electron chi connectivity index (χ1n) is 7.11. The van der Waals surface area contributed by atoms with Crippen molar-refractivity contribution in [2.45, 2.75) is 31.9 Å². The fraction of sp³-hybridized carbons (Fsp3) is 0.533. The van der Waals surface area contributed by atoms with Crippen molar-refractivity contribution in [3.05, 3.63) is 29.6 Å². The number of carbonyl (C=O) groups is 1. The van der Waals surface area contributed by atoms with Gasteiger partial charge in [0, 0.05) is 25.6 Å². The normalized spacial score (nSPS) is 26.1. The number of anilines is 1. The predicted octanol–water partition coefficient (Wildman–Crippen LogP) is 1.42. The third kappa shape index (κ3) is 2.50. The highest BCUT2D eigenvalue weighted by molar-refractivity contribution is 5.77. The Hall–Kier alpha value is -1.62. The molecule has 2 aliphatic rings. The van der Waals surface area contributed by atoms with Crippen LogP contribution in [0.1, 0.15) is 24.8 Å². The molecule has 0 spiro atoms. The SMILES string of the molecule is O=C1CCC2CN(c3ccc(CO)cc3F)CCC2N1. The van der Waals surface area contributed by atoms with Crippen molar-refractivity contribution in [3.63, 3.8) is 0 Å². The second kappa shape index (κ2) is 5.40. The number of amides is 1. The van der Waals surface area contributed by atoms with E-state index in [0.717, 1.165) is 25.9 Å². The Morgan fingerprint density at radius 1 is 1.40 bits per heavy atom. The molecule has 0 aromatic heterocycles. The van der Waals surface area contributed by atoms with Gasteiger partial charge in [0.05, 0.1) is 12.3 Å². The van der Waals surface area contributed by atoms with Crippen LogP contribution in [0.5, 0.6) is 0 Å². The maximum atomic E-state index is 14.1. The van der Waals surface area contributed by atoms with E-state index in [1.807, 2.05) is 0 Å². The zero-order valence-corrected chi connectivity index (χ0v) is 11.3. The Morgan fingerprint density at radius 3 is 3.00 bits per heavy atom. The van der Waals surface area contributed by atoms with Gasteiger partial charge in [0.2, 0.25) is 5.91 Å². The Bertz CT molecular complexity index is 521. The van der Waals surface area contributed by atoms with E-state index in [1.54, 1.807) is 12.1 Å². The molecule has 20 heavy (non-hydrogen) atoms. The standard InChI is InChI=1S/C15H19FN2O2/c16-12-7-10(9-19)1-3-14(12)18-6-5-13-11(8-18)2-4-15(20)17-13/h1,3,7,11,13,19H,2,4-6,8-9H2,(H,17,20). The molecule has 1 aromatic carbocycles. The van der Waals surface area contributed by atoms with E-state index in [9.17, 15) is 9.18 Å². The molecule has 4 nitrogen and oxygen atoms in total. The molecule has 0 radical (unpaired) electrons. The maximum absolute atomic E-state index is 14.1. The van der Waals surface area contributed by atoms with Crippen LogP contribution in [-0.4, -0.2) is 30.1 Å². The number of piperidine rings is 2. The van der Waals surface area contributed by atoms with Crippen molar-refractivity contribution in [2.24, 2.45) is 5.92 Å². The Morgan fingerprint density at radius 2 is 2.25 bits per heavy atom. The molecule has 0 saturated carbocycles. The topological polar surface area (TPSA) is 52.6 Å². The molecule has 3 rings (SSSR count). The minimum Gasteiger partial charge on any atom is -0.392 e. The summed E-state index contributed by atoms with van der Waals surface area (Å²) in [7, 11) is 0. The summed E-state index contributed by atoms with van der Waals surface area (Å²) < 4.78 is 14.1. The van der Waals surface area contributed by atoms with Gasteiger partial charge in [-0.2, -0.15) is 0 Å². The van der Waals surface area contributed by atoms with Gasteiger partial charge in [-0.15, -0.1) is 0 Å². The van der Waals surface area contributed by atoms with Crippen molar-refractivity contribution in [1.82, 2.24) is 5.32 Å². The van der Waals surface area contributed by atoms with Gasteiger partial charge in [0.15, 0.2) is 0 Å². The second-order valence-corrected chi connectivity index (χ2v) is 5.65. The van der Waals surface area contributed by atoms with Crippen molar-refractivity contribution in [2.75, 3.05) is 18.0 Å². The molecule has 2 unspecified atom stereocenters. The van der Waals surface area contributed by atoms with E-state index in [2.05, 4.69) is 10.2 Å². The monoisotopic (exact) mass is 278 g/mol. The fourth-order valence-electron chi connectivity index (χ4n) is 3.23. The van der Waals surface area contributed by atoms with Gasteiger partial charge in [-0.05, 0) is 36.5 Å². The Balaban J connectivity index is 1.74. The van der Waals surface area contributed by atoms with Crippen molar-refractivity contribution >= 4 is 11.6 Å².